The third-order valence-electron chi connectivity index (χ3n) is 3.50. The molecule has 0 fully saturated rings. The maximum absolute atomic E-state index is 12.3. The fourth-order valence-electron chi connectivity index (χ4n) is 2.16. The topological polar surface area (TPSA) is 54.9 Å². The molecule has 4 nitrogen and oxygen atoms in total. The second-order valence-corrected chi connectivity index (χ2v) is 8.30. The minimum Gasteiger partial charge on any atom is -0.322 e. The minimum atomic E-state index is -0.138. The number of aryl methyl sites for hydroxylation is 2. The Morgan fingerprint density at radius 1 is 1.16 bits per heavy atom. The van der Waals surface area contributed by atoms with Gasteiger partial charge in [0.1, 0.15) is 5.01 Å². The molecule has 3 rings (SSSR count). The molecule has 0 aliphatic heterocycles. The summed E-state index contributed by atoms with van der Waals surface area (Å²) in [6, 6.07) is 13.0. The third-order valence-corrected chi connectivity index (χ3v) is 5.97. The standard InChI is InChI=1S/C18H16ClN3OS2/c1-11-9-15(7-8-16(11)19)20-17(23)14-5-3-13(4-6-14)10-24-18-22-21-12(2)25-18/h3-9H,10H2,1-2H3,(H,20,23). The van der Waals surface area contributed by atoms with Gasteiger partial charge < -0.3 is 5.32 Å². The summed E-state index contributed by atoms with van der Waals surface area (Å²) < 4.78 is 0.956. The summed E-state index contributed by atoms with van der Waals surface area (Å²) in [6.07, 6.45) is 0. The number of rotatable bonds is 5. The minimum absolute atomic E-state index is 0.138. The van der Waals surface area contributed by atoms with Crippen molar-refractivity contribution in [2.24, 2.45) is 0 Å². The zero-order chi connectivity index (χ0) is 17.8. The Kier molecular flexibility index (Phi) is 5.73. The molecule has 0 bridgehead atoms. The molecule has 128 valence electrons. The lowest BCUT2D eigenvalue weighted by atomic mass is 10.1. The van der Waals surface area contributed by atoms with E-state index in [0.29, 0.717) is 10.6 Å². The van der Waals surface area contributed by atoms with Gasteiger partial charge in [-0.3, -0.25) is 4.79 Å². The fourth-order valence-corrected chi connectivity index (χ4v) is 4.05. The van der Waals surface area contributed by atoms with E-state index in [1.165, 1.54) is 0 Å². The molecule has 0 radical (unpaired) electrons. The zero-order valence-corrected chi connectivity index (χ0v) is 16.1. The van der Waals surface area contributed by atoms with Crippen molar-refractivity contribution in [3.63, 3.8) is 0 Å². The van der Waals surface area contributed by atoms with E-state index in [4.69, 9.17) is 11.6 Å². The second-order valence-electron chi connectivity index (χ2n) is 5.49. The molecule has 25 heavy (non-hydrogen) atoms. The smallest absolute Gasteiger partial charge is 0.255 e. The van der Waals surface area contributed by atoms with Crippen LogP contribution in [0.4, 0.5) is 5.69 Å². The largest absolute Gasteiger partial charge is 0.322 e. The Hall–Kier alpha value is -1.89. The molecule has 3 aromatic rings. The normalized spacial score (nSPS) is 10.7. The molecule has 1 N–H and O–H groups in total. The SMILES string of the molecule is Cc1nnc(SCc2ccc(C(=O)Nc3ccc(Cl)c(C)c3)cc2)s1. The van der Waals surface area contributed by atoms with Gasteiger partial charge in [-0.25, -0.2) is 0 Å². The van der Waals surface area contributed by atoms with Crippen molar-refractivity contribution in [2.75, 3.05) is 5.32 Å². The highest BCUT2D eigenvalue weighted by Gasteiger charge is 2.08. The number of amides is 1. The quantitative estimate of drug-likeness (QED) is 0.597. The van der Waals surface area contributed by atoms with E-state index in [2.05, 4.69) is 15.5 Å². The third kappa shape index (κ3) is 4.81. The molecule has 0 saturated heterocycles. The van der Waals surface area contributed by atoms with Crippen molar-refractivity contribution in [1.82, 2.24) is 10.2 Å². The van der Waals surface area contributed by atoms with Gasteiger partial charge in [0.05, 0.1) is 0 Å². The number of thioether (sulfide) groups is 1. The zero-order valence-electron chi connectivity index (χ0n) is 13.7. The predicted molar refractivity (Wildman–Crippen MR) is 105 cm³/mol. The summed E-state index contributed by atoms with van der Waals surface area (Å²) in [4.78, 5) is 12.3. The van der Waals surface area contributed by atoms with Crippen LogP contribution >= 0.6 is 34.7 Å². The van der Waals surface area contributed by atoms with Gasteiger partial charge in [-0.05, 0) is 55.3 Å². The molecule has 0 saturated carbocycles. The van der Waals surface area contributed by atoms with Crippen LogP contribution in [0.5, 0.6) is 0 Å². The second kappa shape index (κ2) is 7.99. The lowest BCUT2D eigenvalue weighted by molar-refractivity contribution is 0.102. The molecule has 7 heteroatoms. The predicted octanol–water partition coefficient (Wildman–Crippen LogP) is 5.35. The van der Waals surface area contributed by atoms with Crippen LogP contribution in [-0.4, -0.2) is 16.1 Å². The van der Waals surface area contributed by atoms with Gasteiger partial charge in [0.25, 0.3) is 5.91 Å². The molecule has 2 aromatic carbocycles. The highest BCUT2D eigenvalue weighted by Crippen LogP contribution is 2.26. The number of carbonyl (C=O) groups excluding carboxylic acids is 1. The molecule has 0 aliphatic carbocycles. The average molecular weight is 390 g/mol. The van der Waals surface area contributed by atoms with Crippen LogP contribution in [-0.2, 0) is 5.75 Å². The summed E-state index contributed by atoms with van der Waals surface area (Å²) in [5.41, 5.74) is 3.42. The van der Waals surface area contributed by atoms with E-state index in [-0.39, 0.29) is 5.91 Å². The Labute approximate surface area is 159 Å². The van der Waals surface area contributed by atoms with Gasteiger partial charge in [-0.15, -0.1) is 10.2 Å². The number of halogens is 1. The monoisotopic (exact) mass is 389 g/mol. The van der Waals surface area contributed by atoms with Crippen molar-refractivity contribution in [2.45, 2.75) is 23.9 Å². The van der Waals surface area contributed by atoms with Crippen LogP contribution in [0.15, 0.2) is 46.8 Å². The average Bonchev–Trinajstić information content (AvgIpc) is 3.02. The first-order valence-corrected chi connectivity index (χ1v) is 9.78. The van der Waals surface area contributed by atoms with Crippen molar-refractivity contribution in [1.29, 1.82) is 0 Å². The lowest BCUT2D eigenvalue weighted by Gasteiger charge is -2.08. The van der Waals surface area contributed by atoms with Gasteiger partial charge in [-0.2, -0.15) is 0 Å². The molecule has 1 heterocycles. The van der Waals surface area contributed by atoms with Gasteiger partial charge in [0.15, 0.2) is 4.34 Å². The lowest BCUT2D eigenvalue weighted by Crippen LogP contribution is -2.11. The van der Waals surface area contributed by atoms with E-state index in [1.807, 2.05) is 44.2 Å². The van der Waals surface area contributed by atoms with Crippen LogP contribution in [0.1, 0.15) is 26.5 Å². The van der Waals surface area contributed by atoms with Crippen LogP contribution in [0.25, 0.3) is 0 Å². The molecular weight excluding hydrogens is 374 g/mol. The number of benzene rings is 2. The number of carbonyl (C=O) groups is 1. The summed E-state index contributed by atoms with van der Waals surface area (Å²) in [5.74, 6) is 0.660. The molecule has 0 atom stereocenters. The van der Waals surface area contributed by atoms with Gasteiger partial charge in [-0.1, -0.05) is 46.8 Å². The van der Waals surface area contributed by atoms with Crippen molar-refractivity contribution in [3.05, 3.63) is 69.2 Å². The summed E-state index contributed by atoms with van der Waals surface area (Å²) >= 11 is 9.24. The van der Waals surface area contributed by atoms with Crippen molar-refractivity contribution >= 4 is 46.3 Å². The molecule has 1 amide bonds. The number of hydrogen-bond acceptors (Lipinski definition) is 5. The number of nitrogens with one attached hydrogen (secondary N) is 1. The fraction of sp³-hybridized carbons (Fsp3) is 0.167. The molecule has 1 aromatic heterocycles. The van der Waals surface area contributed by atoms with E-state index in [9.17, 15) is 4.79 Å². The molecule has 0 aliphatic rings. The highest BCUT2D eigenvalue weighted by atomic mass is 35.5. The molecule has 0 unspecified atom stereocenters. The summed E-state index contributed by atoms with van der Waals surface area (Å²) in [7, 11) is 0. The highest BCUT2D eigenvalue weighted by molar-refractivity contribution is 8.00. The summed E-state index contributed by atoms with van der Waals surface area (Å²) in [6.45, 7) is 3.85. The number of nitrogens with zero attached hydrogens (tertiary/aromatic N) is 2. The van der Waals surface area contributed by atoms with Crippen LogP contribution in [0, 0.1) is 13.8 Å². The number of hydrogen-bond donors (Lipinski definition) is 1. The molecule has 0 spiro atoms. The van der Waals surface area contributed by atoms with Crippen LogP contribution in [0.3, 0.4) is 0 Å². The number of aromatic nitrogens is 2. The Morgan fingerprint density at radius 3 is 2.56 bits per heavy atom. The van der Waals surface area contributed by atoms with E-state index < -0.39 is 0 Å². The first-order chi connectivity index (χ1) is 12.0. The Bertz CT molecular complexity index is 894. The first-order valence-electron chi connectivity index (χ1n) is 7.60. The van der Waals surface area contributed by atoms with Crippen LogP contribution in [0.2, 0.25) is 5.02 Å². The van der Waals surface area contributed by atoms with Gasteiger partial charge in [0, 0.05) is 22.0 Å². The maximum Gasteiger partial charge on any atom is 0.255 e. The summed E-state index contributed by atoms with van der Waals surface area (Å²) in [5, 5.41) is 12.6. The first kappa shape index (κ1) is 17.9. The van der Waals surface area contributed by atoms with E-state index in [1.54, 1.807) is 35.2 Å². The Balaban J connectivity index is 1.60. The van der Waals surface area contributed by atoms with Gasteiger partial charge >= 0.3 is 0 Å². The number of anilines is 1. The van der Waals surface area contributed by atoms with Crippen molar-refractivity contribution in [3.8, 4) is 0 Å². The maximum atomic E-state index is 12.3. The molecular formula is C18H16ClN3OS2. The van der Waals surface area contributed by atoms with Crippen LogP contribution < -0.4 is 5.32 Å². The Morgan fingerprint density at radius 2 is 1.92 bits per heavy atom. The van der Waals surface area contributed by atoms with E-state index in [0.717, 1.165) is 31.9 Å². The van der Waals surface area contributed by atoms with Gasteiger partial charge in [0.2, 0.25) is 0 Å². The van der Waals surface area contributed by atoms with Crippen molar-refractivity contribution < 1.29 is 4.79 Å². The van der Waals surface area contributed by atoms with E-state index >= 15 is 0 Å².